The van der Waals surface area contributed by atoms with Crippen LogP contribution in [0.3, 0.4) is 0 Å². The number of ether oxygens (including phenoxy) is 1. The molecule has 0 saturated heterocycles. The Labute approximate surface area is 96.4 Å². The minimum absolute atomic E-state index is 0.127. The minimum Gasteiger partial charge on any atom is -0.463 e. The van der Waals surface area contributed by atoms with Gasteiger partial charge in [-0.1, -0.05) is 6.07 Å². The van der Waals surface area contributed by atoms with Gasteiger partial charge in [-0.2, -0.15) is 0 Å². The lowest BCUT2D eigenvalue weighted by Crippen LogP contribution is -2.29. The van der Waals surface area contributed by atoms with Crippen molar-refractivity contribution in [3.63, 3.8) is 0 Å². The van der Waals surface area contributed by atoms with Gasteiger partial charge in [-0.15, -0.1) is 0 Å². The number of methoxy groups -OCH3 is 1. The van der Waals surface area contributed by atoms with E-state index >= 15 is 0 Å². The second-order valence-corrected chi connectivity index (χ2v) is 3.78. The van der Waals surface area contributed by atoms with Crippen LogP contribution in [0.5, 0.6) is 0 Å². The maximum absolute atomic E-state index is 13.0. The first kappa shape index (κ1) is 11.4. The van der Waals surface area contributed by atoms with Crippen LogP contribution < -0.4 is 0 Å². The minimum atomic E-state index is -1.07. The molecule has 5 heteroatoms. The summed E-state index contributed by atoms with van der Waals surface area (Å²) in [5.41, 5.74) is 0.755. The highest BCUT2D eigenvalue weighted by molar-refractivity contribution is 6.40. The van der Waals surface area contributed by atoms with Gasteiger partial charge in [0, 0.05) is 5.56 Å². The molecule has 0 bridgehead atoms. The van der Waals surface area contributed by atoms with Crippen molar-refractivity contribution in [1.29, 1.82) is 0 Å². The molecular weight excluding hydrogens is 227 g/mol. The third-order valence-corrected chi connectivity index (χ3v) is 2.78. The van der Waals surface area contributed by atoms with Crippen molar-refractivity contribution in [2.24, 2.45) is 5.92 Å². The van der Waals surface area contributed by atoms with Crippen LogP contribution >= 0.6 is 0 Å². The van der Waals surface area contributed by atoms with E-state index in [0.29, 0.717) is 5.56 Å². The van der Waals surface area contributed by atoms with E-state index < -0.39 is 29.3 Å². The average Bonchev–Trinajstić information content (AvgIpc) is 2.65. The lowest BCUT2D eigenvalue weighted by molar-refractivity contribution is -0.152. The van der Waals surface area contributed by atoms with E-state index in [0.717, 1.165) is 13.2 Å². The van der Waals surface area contributed by atoms with Crippen molar-refractivity contribution in [2.45, 2.75) is 6.42 Å². The summed E-state index contributed by atoms with van der Waals surface area (Å²) in [6, 6.07) is 3.76. The number of rotatable bonds is 2. The first-order chi connectivity index (χ1) is 8.04. The number of esters is 1. The van der Waals surface area contributed by atoms with Gasteiger partial charge in [0.2, 0.25) is 0 Å². The summed E-state index contributed by atoms with van der Waals surface area (Å²) in [4.78, 5) is 34.4. The Balaban J connectivity index is 2.32. The summed E-state index contributed by atoms with van der Waals surface area (Å²) in [6.07, 6.45) is 0.127. The largest absolute Gasteiger partial charge is 0.463 e. The highest BCUT2D eigenvalue weighted by Gasteiger charge is 2.39. The van der Waals surface area contributed by atoms with Gasteiger partial charge >= 0.3 is 5.97 Å². The molecule has 0 saturated carbocycles. The normalized spacial score (nSPS) is 17.8. The fraction of sp³-hybridized carbons (Fsp3) is 0.250. The number of carbonyl (C=O) groups is 3. The van der Waals surface area contributed by atoms with Crippen molar-refractivity contribution in [3.05, 3.63) is 35.1 Å². The molecule has 1 atom stereocenters. The van der Waals surface area contributed by atoms with Gasteiger partial charge in [0.25, 0.3) is 5.78 Å². The molecule has 1 unspecified atom stereocenters. The molecule has 1 aliphatic rings. The molecule has 0 fully saturated rings. The molecule has 0 aliphatic heterocycles. The summed E-state index contributed by atoms with van der Waals surface area (Å²) < 4.78 is 17.2. The third kappa shape index (κ3) is 1.84. The molecule has 0 N–H and O–H groups in total. The van der Waals surface area contributed by atoms with E-state index in [1.807, 2.05) is 0 Å². The van der Waals surface area contributed by atoms with Crippen LogP contribution in [0.15, 0.2) is 18.2 Å². The summed E-state index contributed by atoms with van der Waals surface area (Å²) in [7, 11) is 1.08. The Morgan fingerprint density at radius 3 is 2.76 bits per heavy atom. The number of benzene rings is 1. The Bertz CT molecular complexity index is 521. The fourth-order valence-corrected chi connectivity index (χ4v) is 1.91. The molecule has 2 rings (SSSR count). The van der Waals surface area contributed by atoms with E-state index in [4.69, 9.17) is 0 Å². The van der Waals surface area contributed by atoms with Gasteiger partial charge in [-0.05, 0) is 24.1 Å². The third-order valence-electron chi connectivity index (χ3n) is 2.78. The van der Waals surface area contributed by atoms with Crippen LogP contribution in [0.1, 0.15) is 15.9 Å². The molecule has 1 aromatic rings. The molecule has 0 aromatic heterocycles. The van der Waals surface area contributed by atoms with Crippen molar-refractivity contribution < 1.29 is 23.5 Å². The zero-order valence-electron chi connectivity index (χ0n) is 9.03. The zero-order chi connectivity index (χ0) is 12.6. The van der Waals surface area contributed by atoms with Crippen molar-refractivity contribution >= 4 is 17.5 Å². The molecular formula is C12H9FO4. The molecule has 17 heavy (non-hydrogen) atoms. The predicted molar refractivity (Wildman–Crippen MR) is 54.9 cm³/mol. The highest BCUT2D eigenvalue weighted by atomic mass is 19.1. The number of Topliss-reactive ketones (excluding diaryl/α,β-unsaturated/α-hetero) is 2. The van der Waals surface area contributed by atoms with E-state index in [2.05, 4.69) is 4.74 Å². The van der Waals surface area contributed by atoms with Crippen LogP contribution in [-0.4, -0.2) is 24.6 Å². The Morgan fingerprint density at radius 2 is 2.12 bits per heavy atom. The van der Waals surface area contributed by atoms with Gasteiger partial charge < -0.3 is 4.74 Å². The summed E-state index contributed by atoms with van der Waals surface area (Å²) >= 11 is 0. The fourth-order valence-electron chi connectivity index (χ4n) is 1.91. The molecule has 88 valence electrons. The molecule has 1 aliphatic carbocycles. The van der Waals surface area contributed by atoms with Gasteiger partial charge in [-0.3, -0.25) is 9.59 Å². The van der Waals surface area contributed by atoms with E-state index in [1.165, 1.54) is 12.1 Å². The summed E-state index contributed by atoms with van der Waals surface area (Å²) in [5.74, 6) is -4.05. The SMILES string of the molecule is COC(=O)C(=O)C1Cc2ccc(F)cc2C1=O. The molecule has 0 spiro atoms. The maximum atomic E-state index is 13.0. The van der Waals surface area contributed by atoms with Crippen LogP contribution in [0.2, 0.25) is 0 Å². The van der Waals surface area contributed by atoms with Gasteiger partial charge in [0.05, 0.1) is 13.0 Å². The highest BCUT2D eigenvalue weighted by Crippen LogP contribution is 2.28. The molecule has 0 heterocycles. The van der Waals surface area contributed by atoms with Crippen molar-refractivity contribution in [1.82, 2.24) is 0 Å². The first-order valence-electron chi connectivity index (χ1n) is 4.99. The average molecular weight is 236 g/mol. The topological polar surface area (TPSA) is 60.4 Å². The van der Waals surface area contributed by atoms with Crippen LogP contribution in [0.25, 0.3) is 0 Å². The Morgan fingerprint density at radius 1 is 1.41 bits per heavy atom. The van der Waals surface area contributed by atoms with Gasteiger partial charge in [0.1, 0.15) is 5.82 Å². The van der Waals surface area contributed by atoms with E-state index in [1.54, 1.807) is 0 Å². The van der Waals surface area contributed by atoms with Crippen molar-refractivity contribution in [3.8, 4) is 0 Å². The van der Waals surface area contributed by atoms with Crippen molar-refractivity contribution in [2.75, 3.05) is 7.11 Å². The molecule has 4 nitrogen and oxygen atoms in total. The summed E-state index contributed by atoms with van der Waals surface area (Å²) in [6.45, 7) is 0. The van der Waals surface area contributed by atoms with Crippen LogP contribution in [0, 0.1) is 11.7 Å². The predicted octanol–water partition coefficient (Wildman–Crippen LogP) is 0.923. The Kier molecular flexibility index (Phi) is 2.75. The quantitative estimate of drug-likeness (QED) is 0.435. The first-order valence-corrected chi connectivity index (χ1v) is 4.99. The number of hydrogen-bond acceptors (Lipinski definition) is 4. The standard InChI is InChI=1S/C12H9FO4/c1-17-12(16)11(15)9-4-6-2-3-7(13)5-8(6)10(9)14/h2-3,5,9H,4H2,1H3. The monoisotopic (exact) mass is 236 g/mol. The van der Waals surface area contributed by atoms with E-state index in [9.17, 15) is 18.8 Å². The molecule has 0 radical (unpaired) electrons. The zero-order valence-corrected chi connectivity index (χ0v) is 9.03. The van der Waals surface area contributed by atoms with Crippen LogP contribution in [-0.2, 0) is 20.7 Å². The number of halogens is 1. The van der Waals surface area contributed by atoms with E-state index in [-0.39, 0.29) is 12.0 Å². The van der Waals surface area contributed by atoms with Gasteiger partial charge in [0.15, 0.2) is 5.78 Å². The number of hydrogen-bond donors (Lipinski definition) is 0. The molecule has 0 amide bonds. The van der Waals surface area contributed by atoms with Crippen LogP contribution in [0.4, 0.5) is 4.39 Å². The second kappa shape index (κ2) is 4.08. The summed E-state index contributed by atoms with van der Waals surface area (Å²) in [5, 5.41) is 0. The molecule has 1 aromatic carbocycles. The smallest absolute Gasteiger partial charge is 0.375 e. The lowest BCUT2D eigenvalue weighted by Gasteiger charge is -2.03. The lowest BCUT2D eigenvalue weighted by atomic mass is 10.00. The Hall–Kier alpha value is -2.04. The number of ketones is 2. The van der Waals surface area contributed by atoms with Gasteiger partial charge in [-0.25, -0.2) is 9.18 Å². The second-order valence-electron chi connectivity index (χ2n) is 3.78. The number of fused-ring (bicyclic) bond motifs is 1. The maximum Gasteiger partial charge on any atom is 0.375 e. The number of carbonyl (C=O) groups excluding carboxylic acids is 3.